The number of carbonyl (C=O) groups is 1. The van der Waals surface area contributed by atoms with Crippen LogP contribution in [-0.4, -0.2) is 25.7 Å². The molecule has 6 nitrogen and oxygen atoms in total. The number of hydrogen-bond acceptors (Lipinski definition) is 4. The highest BCUT2D eigenvalue weighted by Crippen LogP contribution is 2.18. The van der Waals surface area contributed by atoms with Gasteiger partial charge in [-0.1, -0.05) is 25.8 Å². The topological polar surface area (TPSA) is 72.7 Å². The highest BCUT2D eigenvalue weighted by molar-refractivity contribution is 5.76. The zero-order valence-corrected chi connectivity index (χ0v) is 13.2. The molecule has 0 aliphatic heterocycles. The predicted octanol–water partition coefficient (Wildman–Crippen LogP) is 2.19. The lowest BCUT2D eigenvalue weighted by atomic mass is 10.0. The lowest BCUT2D eigenvalue weighted by molar-refractivity contribution is -0.121. The van der Waals surface area contributed by atoms with E-state index in [1.807, 2.05) is 29.9 Å². The van der Waals surface area contributed by atoms with Crippen molar-refractivity contribution in [3.8, 4) is 0 Å². The van der Waals surface area contributed by atoms with E-state index >= 15 is 0 Å². The minimum atomic E-state index is 0.0284. The summed E-state index contributed by atoms with van der Waals surface area (Å²) >= 11 is 0. The summed E-state index contributed by atoms with van der Waals surface area (Å²) in [7, 11) is 1.88. The minimum absolute atomic E-state index is 0.0284. The molecule has 118 valence electrons. The number of nitrogens with one attached hydrogen (secondary N) is 1. The van der Waals surface area contributed by atoms with E-state index in [0.29, 0.717) is 12.8 Å². The van der Waals surface area contributed by atoms with E-state index in [1.54, 1.807) is 12.5 Å². The number of nitrogens with zero attached hydrogens (tertiary/aromatic N) is 4. The number of carbonyl (C=O) groups excluding carboxylic acids is 1. The second kappa shape index (κ2) is 8.26. The minimum Gasteiger partial charge on any atom is -0.349 e. The maximum Gasteiger partial charge on any atom is 0.220 e. The van der Waals surface area contributed by atoms with Crippen LogP contribution >= 0.6 is 0 Å². The van der Waals surface area contributed by atoms with Crippen molar-refractivity contribution in [2.45, 2.75) is 45.1 Å². The van der Waals surface area contributed by atoms with Gasteiger partial charge >= 0.3 is 0 Å². The summed E-state index contributed by atoms with van der Waals surface area (Å²) in [6.07, 6.45) is 9.32. The van der Waals surface area contributed by atoms with E-state index in [0.717, 1.165) is 30.7 Å². The van der Waals surface area contributed by atoms with Gasteiger partial charge in [0.2, 0.25) is 5.91 Å². The zero-order chi connectivity index (χ0) is 15.8. The highest BCUT2D eigenvalue weighted by atomic mass is 16.1. The molecule has 0 aliphatic rings. The standard InChI is InChI=1S/C16H23N5O/c1-3-4-7-14(13-6-5-10-17-11-13)19-16(22)9-8-15-20-18-12-21(15)2/h5-6,10-12,14H,3-4,7-9H2,1-2H3,(H,19,22). The Kier molecular flexibility index (Phi) is 6.06. The van der Waals surface area contributed by atoms with Crippen LogP contribution in [0.5, 0.6) is 0 Å². The molecule has 22 heavy (non-hydrogen) atoms. The molecule has 2 heterocycles. The third-order valence-electron chi connectivity index (χ3n) is 3.65. The lowest BCUT2D eigenvalue weighted by Gasteiger charge is -2.18. The molecule has 6 heteroatoms. The van der Waals surface area contributed by atoms with Gasteiger partial charge in [0.15, 0.2) is 0 Å². The van der Waals surface area contributed by atoms with Crippen LogP contribution in [0.25, 0.3) is 0 Å². The molecule has 0 spiro atoms. The molecule has 1 N–H and O–H groups in total. The Morgan fingerprint density at radius 1 is 1.45 bits per heavy atom. The second-order valence-electron chi connectivity index (χ2n) is 5.41. The summed E-state index contributed by atoms with van der Waals surface area (Å²) < 4.78 is 1.84. The van der Waals surface area contributed by atoms with Gasteiger partial charge in [0, 0.05) is 32.3 Å². The fourth-order valence-corrected chi connectivity index (χ4v) is 2.34. The van der Waals surface area contributed by atoms with Crippen LogP contribution in [0, 0.1) is 0 Å². The number of aromatic nitrogens is 4. The van der Waals surface area contributed by atoms with Crippen molar-refractivity contribution in [3.05, 3.63) is 42.2 Å². The summed E-state index contributed by atoms with van der Waals surface area (Å²) in [4.78, 5) is 16.4. The fraction of sp³-hybridized carbons (Fsp3) is 0.500. The van der Waals surface area contributed by atoms with Crippen molar-refractivity contribution in [3.63, 3.8) is 0 Å². The monoisotopic (exact) mass is 301 g/mol. The highest BCUT2D eigenvalue weighted by Gasteiger charge is 2.15. The number of amides is 1. The molecule has 1 amide bonds. The Balaban J connectivity index is 1.91. The number of aryl methyl sites for hydroxylation is 2. The Morgan fingerprint density at radius 2 is 2.32 bits per heavy atom. The molecular weight excluding hydrogens is 278 g/mol. The Morgan fingerprint density at radius 3 is 2.95 bits per heavy atom. The van der Waals surface area contributed by atoms with E-state index in [4.69, 9.17) is 0 Å². The number of unbranched alkanes of at least 4 members (excludes halogenated alkanes) is 1. The molecule has 2 rings (SSSR count). The normalized spacial score (nSPS) is 12.1. The number of rotatable bonds is 8. The van der Waals surface area contributed by atoms with E-state index in [9.17, 15) is 4.79 Å². The molecule has 1 unspecified atom stereocenters. The van der Waals surface area contributed by atoms with E-state index in [1.165, 1.54) is 0 Å². The predicted molar refractivity (Wildman–Crippen MR) is 84.0 cm³/mol. The van der Waals surface area contributed by atoms with E-state index in [2.05, 4.69) is 27.4 Å². The van der Waals surface area contributed by atoms with Crippen molar-refractivity contribution < 1.29 is 4.79 Å². The maximum absolute atomic E-state index is 12.2. The van der Waals surface area contributed by atoms with Crippen LogP contribution in [-0.2, 0) is 18.3 Å². The van der Waals surface area contributed by atoms with E-state index in [-0.39, 0.29) is 11.9 Å². The first-order valence-electron chi connectivity index (χ1n) is 7.73. The molecular formula is C16H23N5O. The Hall–Kier alpha value is -2.24. The van der Waals surface area contributed by atoms with Crippen molar-refractivity contribution in [2.75, 3.05) is 0 Å². The molecule has 0 radical (unpaired) electrons. The summed E-state index contributed by atoms with van der Waals surface area (Å²) in [5.41, 5.74) is 1.06. The third kappa shape index (κ3) is 4.65. The van der Waals surface area contributed by atoms with Gasteiger partial charge in [-0.05, 0) is 18.1 Å². The molecule has 0 saturated heterocycles. The molecule has 0 saturated carbocycles. The summed E-state index contributed by atoms with van der Waals surface area (Å²) in [5, 5.41) is 10.9. The quantitative estimate of drug-likeness (QED) is 0.811. The summed E-state index contributed by atoms with van der Waals surface area (Å²) in [6, 6.07) is 3.94. The average Bonchev–Trinajstić information content (AvgIpc) is 2.95. The molecule has 0 aromatic carbocycles. The van der Waals surface area contributed by atoms with Crippen molar-refractivity contribution in [2.24, 2.45) is 7.05 Å². The maximum atomic E-state index is 12.2. The van der Waals surface area contributed by atoms with Gasteiger partial charge in [-0.15, -0.1) is 10.2 Å². The van der Waals surface area contributed by atoms with Gasteiger partial charge < -0.3 is 9.88 Å². The smallest absolute Gasteiger partial charge is 0.220 e. The number of pyridine rings is 1. The van der Waals surface area contributed by atoms with Crippen LogP contribution in [0.2, 0.25) is 0 Å². The fourth-order valence-electron chi connectivity index (χ4n) is 2.34. The van der Waals surface area contributed by atoms with Crippen molar-refractivity contribution in [1.29, 1.82) is 0 Å². The summed E-state index contributed by atoms with van der Waals surface area (Å²) in [5.74, 6) is 0.856. The van der Waals surface area contributed by atoms with Gasteiger partial charge in [-0.2, -0.15) is 0 Å². The van der Waals surface area contributed by atoms with Gasteiger partial charge in [0.25, 0.3) is 0 Å². The van der Waals surface area contributed by atoms with Gasteiger partial charge in [-0.25, -0.2) is 0 Å². The van der Waals surface area contributed by atoms with Gasteiger partial charge in [0.05, 0.1) is 6.04 Å². The summed E-state index contributed by atoms with van der Waals surface area (Å²) in [6.45, 7) is 2.15. The van der Waals surface area contributed by atoms with Crippen LogP contribution in [0.3, 0.4) is 0 Å². The van der Waals surface area contributed by atoms with Crippen molar-refractivity contribution in [1.82, 2.24) is 25.1 Å². The molecule has 2 aromatic heterocycles. The molecule has 2 aromatic rings. The lowest BCUT2D eigenvalue weighted by Crippen LogP contribution is -2.29. The number of hydrogen-bond donors (Lipinski definition) is 1. The zero-order valence-electron chi connectivity index (χ0n) is 13.2. The average molecular weight is 301 g/mol. The van der Waals surface area contributed by atoms with Crippen LogP contribution < -0.4 is 5.32 Å². The first kappa shape index (κ1) is 16.1. The largest absolute Gasteiger partial charge is 0.349 e. The Labute approximate surface area is 131 Å². The molecule has 1 atom stereocenters. The first-order chi connectivity index (χ1) is 10.7. The SMILES string of the molecule is CCCCC(NC(=O)CCc1nncn1C)c1cccnc1. The third-order valence-corrected chi connectivity index (χ3v) is 3.65. The molecule has 0 fully saturated rings. The second-order valence-corrected chi connectivity index (χ2v) is 5.41. The van der Waals surface area contributed by atoms with Crippen LogP contribution in [0.15, 0.2) is 30.9 Å². The van der Waals surface area contributed by atoms with E-state index < -0.39 is 0 Å². The molecule has 0 bridgehead atoms. The molecule has 0 aliphatic carbocycles. The van der Waals surface area contributed by atoms with Crippen LogP contribution in [0.4, 0.5) is 0 Å². The Bertz CT molecular complexity index is 581. The van der Waals surface area contributed by atoms with Crippen molar-refractivity contribution >= 4 is 5.91 Å². The first-order valence-corrected chi connectivity index (χ1v) is 7.73. The van der Waals surface area contributed by atoms with Gasteiger partial charge in [0.1, 0.15) is 12.2 Å². The van der Waals surface area contributed by atoms with Gasteiger partial charge in [-0.3, -0.25) is 9.78 Å². The van der Waals surface area contributed by atoms with Crippen LogP contribution in [0.1, 0.15) is 50.0 Å².